The number of carbonyl (C=O) groups is 13. The van der Waals surface area contributed by atoms with Crippen LogP contribution in [0, 0.1) is 47.3 Å². The van der Waals surface area contributed by atoms with Crippen LogP contribution in [-0.2, 0) is 86.4 Å². The van der Waals surface area contributed by atoms with Crippen LogP contribution in [0.4, 0.5) is 9.59 Å². The summed E-state index contributed by atoms with van der Waals surface area (Å²) in [7, 11) is 6.14. The summed E-state index contributed by atoms with van der Waals surface area (Å²) in [6.07, 6.45) is 7.17. The molecule has 2 aliphatic heterocycles. The third-order valence-corrected chi connectivity index (χ3v) is 23.1. The molecule has 1 unspecified atom stereocenters. The van der Waals surface area contributed by atoms with E-state index in [0.717, 1.165) is 44.1 Å². The van der Waals surface area contributed by atoms with Gasteiger partial charge >= 0.3 is 18.1 Å². The molecule has 0 aromatic heterocycles. The highest BCUT2D eigenvalue weighted by Gasteiger charge is 2.45. The number of carboxylic acid groups (broad SMARTS) is 1. The number of primary amides is 1. The maximum Gasteiger partial charge on any atom is 0.410 e. The number of ether oxygens (including phenoxy) is 3. The van der Waals surface area contributed by atoms with Gasteiger partial charge in [0.2, 0.25) is 35.4 Å². The van der Waals surface area contributed by atoms with E-state index >= 15 is 0 Å². The van der Waals surface area contributed by atoms with E-state index in [9.17, 15) is 67.4 Å². The van der Waals surface area contributed by atoms with Crippen LogP contribution in [0.15, 0.2) is 54.6 Å². The zero-order chi connectivity index (χ0) is 81.7. The molecule has 8 N–H and O–H groups in total. The maximum absolute atomic E-state index is 14.9. The molecule has 110 heavy (non-hydrogen) atoms. The Morgan fingerprint density at radius 2 is 1.30 bits per heavy atom. The number of nitrogens with zero attached hydrogens (tertiary/aromatic N) is 4. The van der Waals surface area contributed by atoms with E-state index in [-0.39, 0.29) is 154 Å². The number of aliphatic carboxylic acids is 1. The molecule has 0 saturated carbocycles. The van der Waals surface area contributed by atoms with Crippen molar-refractivity contribution in [2.75, 3.05) is 66.8 Å². The maximum atomic E-state index is 14.9. The van der Waals surface area contributed by atoms with Crippen molar-refractivity contribution in [3.63, 3.8) is 0 Å². The number of Topliss-reactive ketones (excluding diaryl/α,β-unsaturated/α-hetero) is 4. The minimum atomic E-state index is -1.07. The highest BCUT2D eigenvalue weighted by atomic mass is 32.2. The number of nitrogens with two attached hydrogens (primary N) is 2. The number of rotatable bonds is 55. The Balaban J connectivity index is 1.31. The molecule has 12 atom stereocenters. The van der Waals surface area contributed by atoms with Gasteiger partial charge in [-0.2, -0.15) is 0 Å². The van der Waals surface area contributed by atoms with Crippen LogP contribution in [0.2, 0.25) is 0 Å². The van der Waals surface area contributed by atoms with Crippen LogP contribution in [0.1, 0.15) is 214 Å². The van der Waals surface area contributed by atoms with Crippen molar-refractivity contribution in [2.45, 2.75) is 258 Å². The molecule has 26 nitrogen and oxygen atoms in total. The minimum Gasteiger partial charge on any atom is -0.481 e. The second-order valence-electron chi connectivity index (χ2n) is 31.2. The number of likely N-dealkylation sites (N-methyl/N-ethyl adjacent to an activating group) is 2. The largest absolute Gasteiger partial charge is 0.481 e. The standard InChI is InChI=1S/C83H131N9O17S/c1-14-56(8)77(69(107-12)50-73(99)91-43-28-32-64(91)78(108-13)57(9)65(93)48-62(81(103)104)45-58-29-19-15-20-30-58)89(10)79(101)63(53(2)3)49-68(96)76(55(6)7)90(11)83(106)109-52-60-37-35-59(36-38-60)46-66(94)61(31-27-41-87-82(85)105)47-67(95)75(54(4)5)88-72(98)34-21-16-25-42-92-74(100)51-70(80(92)102)110-44-26-17-22-33-71(97)86-40-24-18-23-39-84/h15,19-20,29-30,35-38,53-57,61-64,69-70,75-78H,14,16-18,21-28,31-34,39-52,84H2,1-13H3,(H,86,97)(H,88,98)(H,103,104)(H3,85,87,105)/t56-,57-,61+,62+,63-,64-,69+,70?,75-,76-,77-,78+/m0/s1. The molecule has 2 aromatic rings. The lowest BCUT2D eigenvalue weighted by molar-refractivity contribution is -0.149. The molecule has 2 aromatic carbocycles. The highest BCUT2D eigenvalue weighted by Crippen LogP contribution is 2.34. The molecule has 0 bridgehead atoms. The predicted octanol–water partition coefficient (Wildman–Crippen LogP) is 9.84. The molecule has 0 spiro atoms. The predicted molar refractivity (Wildman–Crippen MR) is 424 cm³/mol. The average molecular weight is 1560 g/mol. The van der Waals surface area contributed by atoms with Gasteiger partial charge in [-0.1, -0.05) is 143 Å². The number of carbonyl (C=O) groups excluding carboxylic acids is 12. The molecular formula is C83H131N9O17S. The fourth-order valence-electron chi connectivity index (χ4n) is 15.1. The summed E-state index contributed by atoms with van der Waals surface area (Å²) in [6.45, 7) is 18.6. The lowest BCUT2D eigenvalue weighted by atomic mass is 9.83. The summed E-state index contributed by atoms with van der Waals surface area (Å²) in [4.78, 5) is 181. The van der Waals surface area contributed by atoms with Gasteiger partial charge in [-0.3, -0.25) is 57.6 Å². The topological polar surface area (TPSA) is 371 Å². The van der Waals surface area contributed by atoms with E-state index in [2.05, 4.69) is 16.0 Å². The highest BCUT2D eigenvalue weighted by molar-refractivity contribution is 8.00. The number of urea groups is 1. The summed E-state index contributed by atoms with van der Waals surface area (Å²) in [5, 5.41) is 18.0. The molecule has 4 rings (SSSR count). The number of nitrogens with one attached hydrogen (secondary N) is 3. The normalized spacial score (nSPS) is 17.2. The number of unbranched alkanes of at least 4 members (excludes halogenated alkanes) is 6. The number of benzene rings is 2. The molecule has 2 heterocycles. The third kappa shape index (κ3) is 31.2. The Bertz CT molecular complexity index is 3280. The van der Waals surface area contributed by atoms with Crippen molar-refractivity contribution < 1.29 is 81.6 Å². The van der Waals surface area contributed by atoms with E-state index < -0.39 is 89.3 Å². The van der Waals surface area contributed by atoms with E-state index in [0.29, 0.717) is 87.9 Å². The van der Waals surface area contributed by atoms with Crippen molar-refractivity contribution in [1.82, 2.24) is 35.6 Å². The van der Waals surface area contributed by atoms with Crippen molar-refractivity contribution in [1.29, 1.82) is 0 Å². The number of thioether (sulfide) groups is 1. The van der Waals surface area contributed by atoms with Crippen molar-refractivity contribution in [2.24, 2.45) is 58.8 Å². The van der Waals surface area contributed by atoms with E-state index in [1.54, 1.807) is 61.9 Å². The Morgan fingerprint density at radius 1 is 0.664 bits per heavy atom. The Labute approximate surface area is 657 Å². The van der Waals surface area contributed by atoms with Gasteiger partial charge in [0.25, 0.3) is 0 Å². The zero-order valence-corrected chi connectivity index (χ0v) is 68.7. The lowest BCUT2D eigenvalue weighted by Gasteiger charge is -2.41. The monoisotopic (exact) mass is 1560 g/mol. The van der Waals surface area contributed by atoms with Crippen LogP contribution in [0.5, 0.6) is 0 Å². The summed E-state index contributed by atoms with van der Waals surface area (Å²) in [6, 6.07) is 12.3. The van der Waals surface area contributed by atoms with Gasteiger partial charge in [0.05, 0.1) is 54.0 Å². The molecule has 2 aliphatic rings. The number of hydrogen-bond acceptors (Lipinski definition) is 18. The van der Waals surface area contributed by atoms with Gasteiger partial charge in [-0.25, -0.2) is 9.59 Å². The lowest BCUT2D eigenvalue weighted by Crippen LogP contribution is -2.54. The summed E-state index contributed by atoms with van der Waals surface area (Å²) >= 11 is 1.48. The molecule has 2 fully saturated rings. The van der Waals surface area contributed by atoms with Crippen molar-refractivity contribution >= 4 is 88.4 Å². The molecule has 27 heteroatoms. The summed E-state index contributed by atoms with van der Waals surface area (Å²) in [5.41, 5.74) is 12.9. The van der Waals surface area contributed by atoms with Gasteiger partial charge in [-0.05, 0) is 123 Å². The average Bonchev–Trinajstić information content (AvgIpc) is 1.77. The fraction of sp³-hybridized carbons (Fsp3) is 0.699. The second kappa shape index (κ2) is 49.7. The number of hydrogen-bond donors (Lipinski definition) is 6. The van der Waals surface area contributed by atoms with Gasteiger partial charge in [0.15, 0.2) is 11.6 Å². The van der Waals surface area contributed by atoms with E-state index in [1.807, 2.05) is 71.9 Å². The number of carboxylic acids is 1. The Kier molecular flexibility index (Phi) is 42.8. The summed E-state index contributed by atoms with van der Waals surface area (Å²) < 4.78 is 17.9. The summed E-state index contributed by atoms with van der Waals surface area (Å²) in [5.74, 6) is -7.27. The molecule has 2 saturated heterocycles. The number of imide groups is 1. The van der Waals surface area contributed by atoms with Crippen LogP contribution in [-0.4, -0.2) is 210 Å². The molecule has 0 radical (unpaired) electrons. The Hall–Kier alpha value is -7.62. The van der Waals surface area contributed by atoms with Crippen LogP contribution < -0.4 is 27.4 Å². The van der Waals surface area contributed by atoms with Crippen LogP contribution in [0.25, 0.3) is 0 Å². The molecule has 0 aliphatic carbocycles. The minimum absolute atomic E-state index is 0.0383. The number of methoxy groups -OCH3 is 2. The van der Waals surface area contributed by atoms with Crippen LogP contribution >= 0.6 is 11.8 Å². The van der Waals surface area contributed by atoms with Gasteiger partial charge in [0.1, 0.15) is 18.2 Å². The van der Waals surface area contributed by atoms with E-state index in [1.165, 1.54) is 42.8 Å². The molecule has 9 amide bonds. The number of ketones is 4. The van der Waals surface area contributed by atoms with Crippen molar-refractivity contribution in [3.8, 4) is 0 Å². The second-order valence-corrected chi connectivity index (χ2v) is 32.5. The van der Waals surface area contributed by atoms with Gasteiger partial charge < -0.3 is 61.4 Å². The van der Waals surface area contributed by atoms with E-state index in [4.69, 9.17) is 25.7 Å². The Morgan fingerprint density at radius 3 is 1.91 bits per heavy atom. The molecular weight excluding hydrogens is 1430 g/mol. The van der Waals surface area contributed by atoms with Gasteiger partial charge in [0, 0.05) is 117 Å². The first-order valence-corrected chi connectivity index (χ1v) is 41.1. The smallest absolute Gasteiger partial charge is 0.410 e. The SMILES string of the molecule is CC[C@H](C)[C@@H]([C@@H](CC(=O)N1CCC[C@H]1[C@H](OC)[C@@H](C)C(=O)C[C@@H](Cc1ccccc1)C(=O)O)OC)N(C)C(=O)[C@@H](CC(=O)[C@H](C(C)C)N(C)C(=O)OCc1ccc(CC(=O)[C@H](CCCNC(N)=O)CC(=O)[C@@H](NC(=O)CCCCCN2C(=O)CC(SCCCCCC(=O)NCCCCCN)C2=O)C(C)C)cc1)C(C)C. The number of amides is 9. The zero-order valence-electron chi connectivity index (χ0n) is 67.9. The number of likely N-dealkylation sites (tertiary alicyclic amines) is 2. The third-order valence-electron chi connectivity index (χ3n) is 21.8. The first-order chi connectivity index (χ1) is 52.3. The van der Waals surface area contributed by atoms with Gasteiger partial charge in [-0.15, -0.1) is 11.8 Å². The first kappa shape index (κ1) is 94.8. The van der Waals surface area contributed by atoms with Crippen molar-refractivity contribution in [3.05, 3.63) is 71.3 Å². The molecule has 616 valence electrons. The first-order valence-electron chi connectivity index (χ1n) is 40.0. The van der Waals surface area contributed by atoms with Crippen LogP contribution in [0.3, 0.4) is 0 Å². The fourth-order valence-corrected chi connectivity index (χ4v) is 16.3. The quantitative estimate of drug-likeness (QED) is 0.0265.